The van der Waals surface area contributed by atoms with Crippen LogP contribution in [0.25, 0.3) is 10.8 Å². The molecule has 0 radical (unpaired) electrons. The van der Waals surface area contributed by atoms with Crippen molar-refractivity contribution in [1.82, 2.24) is 10.2 Å². The van der Waals surface area contributed by atoms with Gasteiger partial charge in [0.05, 0.1) is 4.90 Å². The summed E-state index contributed by atoms with van der Waals surface area (Å²) in [7, 11) is 0. The van der Waals surface area contributed by atoms with Crippen molar-refractivity contribution >= 4 is 56.7 Å². The summed E-state index contributed by atoms with van der Waals surface area (Å²) in [6.45, 7) is 2.01. The number of hydrogen-bond acceptors (Lipinski definition) is 10. The molecule has 0 spiro atoms. The van der Waals surface area contributed by atoms with Crippen LogP contribution in [0.1, 0.15) is 6.92 Å². The molecule has 10 heteroatoms. The van der Waals surface area contributed by atoms with Crippen LogP contribution in [-0.2, 0) is 0 Å². The first-order valence-electron chi connectivity index (χ1n) is 6.80. The summed E-state index contributed by atoms with van der Waals surface area (Å²) < 4.78 is 10.2. The molecule has 0 atom stereocenters. The van der Waals surface area contributed by atoms with Crippen LogP contribution in [0.4, 0.5) is 10.8 Å². The number of hydrogen-bond donors (Lipinski definition) is 3. The van der Waals surface area contributed by atoms with E-state index in [4.69, 9.17) is 0 Å². The van der Waals surface area contributed by atoms with E-state index >= 15 is 0 Å². The Hall–Kier alpha value is -1.88. The minimum atomic E-state index is -0.170. The number of benzene rings is 2. The fourth-order valence-corrected chi connectivity index (χ4v) is 3.98. The zero-order valence-electron chi connectivity index (χ0n) is 12.4. The van der Waals surface area contributed by atoms with Crippen LogP contribution in [0.3, 0.4) is 0 Å². The molecule has 3 aromatic rings. The molecule has 0 amide bonds. The normalized spacial score (nSPS) is 11.6. The van der Waals surface area contributed by atoms with E-state index in [1.54, 1.807) is 23.9 Å². The smallest absolute Gasteiger partial charge is 0.252 e. The molecule has 1 aromatic heterocycles. The van der Waals surface area contributed by atoms with Crippen molar-refractivity contribution < 1.29 is 14.8 Å². The third kappa shape index (κ3) is 3.46. The topological polar surface area (TPSA) is 111 Å². The fourth-order valence-electron chi connectivity index (χ4n) is 2.01. The van der Waals surface area contributed by atoms with E-state index in [2.05, 4.69) is 20.4 Å². The highest BCUT2D eigenvalue weighted by atomic mass is 32.2. The van der Waals surface area contributed by atoms with E-state index in [1.165, 1.54) is 23.5 Å². The lowest BCUT2D eigenvalue weighted by molar-refractivity contribution is 0.471. The number of fused-ring (bicyclic) bond motifs is 1. The Balaban J connectivity index is 2.03. The van der Waals surface area contributed by atoms with Gasteiger partial charge in [-0.2, -0.15) is 0 Å². The van der Waals surface area contributed by atoms with Crippen molar-refractivity contribution in [2.45, 2.75) is 16.2 Å². The van der Waals surface area contributed by atoms with Crippen LogP contribution in [0.5, 0.6) is 11.5 Å². The number of aromatic hydroxyl groups is 2. The van der Waals surface area contributed by atoms with Gasteiger partial charge in [-0.1, -0.05) is 36.1 Å². The van der Waals surface area contributed by atoms with E-state index in [0.29, 0.717) is 32.8 Å². The summed E-state index contributed by atoms with van der Waals surface area (Å²) in [5, 5.41) is 37.3. The molecule has 0 aliphatic rings. The zero-order valence-corrected chi connectivity index (χ0v) is 14.8. The molecule has 2 aromatic carbocycles. The molecule has 0 unspecified atom stereocenters. The molecule has 0 aliphatic heterocycles. The van der Waals surface area contributed by atoms with Gasteiger partial charge in [-0.15, -0.1) is 20.4 Å². The maximum atomic E-state index is 10.4. The Morgan fingerprint density at radius 1 is 1.17 bits per heavy atom. The lowest BCUT2D eigenvalue weighted by Crippen LogP contribution is -1.80. The fraction of sp³-hybridized carbons (Fsp3) is 0.143. The monoisotopic (exact) mass is 380 g/mol. The lowest BCUT2D eigenvalue weighted by Gasteiger charge is -2.08. The van der Waals surface area contributed by atoms with Crippen molar-refractivity contribution in [3.63, 3.8) is 0 Å². The van der Waals surface area contributed by atoms with Crippen LogP contribution >= 0.6 is 35.1 Å². The summed E-state index contributed by atoms with van der Waals surface area (Å²) in [6.07, 6.45) is 0. The number of aromatic nitrogens is 2. The van der Waals surface area contributed by atoms with Gasteiger partial charge in [-0.25, -0.2) is 0 Å². The molecule has 7 nitrogen and oxygen atoms in total. The van der Waals surface area contributed by atoms with E-state index < -0.39 is 0 Å². The number of thioether (sulfide) groups is 1. The molecule has 124 valence electrons. The number of nitrogens with zero attached hydrogens (tertiary/aromatic N) is 4. The highest BCUT2D eigenvalue weighted by Gasteiger charge is 2.14. The van der Waals surface area contributed by atoms with Crippen LogP contribution in [0.2, 0.25) is 0 Å². The van der Waals surface area contributed by atoms with Gasteiger partial charge < -0.3 is 14.8 Å². The highest BCUT2D eigenvalue weighted by Crippen LogP contribution is 2.43. The molecule has 3 N–H and O–H groups in total. The second-order valence-electron chi connectivity index (χ2n) is 4.55. The average Bonchev–Trinajstić information content (AvgIpc) is 3.02. The molecule has 0 bridgehead atoms. The quantitative estimate of drug-likeness (QED) is 0.317. The van der Waals surface area contributed by atoms with Gasteiger partial charge in [0.1, 0.15) is 11.4 Å². The molecule has 0 saturated heterocycles. The Morgan fingerprint density at radius 2 is 2.00 bits per heavy atom. The minimum Gasteiger partial charge on any atom is -0.508 e. The van der Waals surface area contributed by atoms with Gasteiger partial charge >= 0.3 is 0 Å². The first kappa shape index (κ1) is 17.0. The first-order chi connectivity index (χ1) is 11.6. The predicted octanol–water partition coefficient (Wildman–Crippen LogP) is 5.20. The third-order valence-corrected chi connectivity index (χ3v) is 5.36. The Morgan fingerprint density at radius 3 is 2.75 bits per heavy atom. The summed E-state index contributed by atoms with van der Waals surface area (Å²) in [5.41, 5.74) is 0.112. The van der Waals surface area contributed by atoms with Crippen molar-refractivity contribution in [2.75, 3.05) is 5.75 Å². The van der Waals surface area contributed by atoms with E-state index in [-0.39, 0.29) is 17.2 Å². The Labute approximate surface area is 149 Å². The zero-order chi connectivity index (χ0) is 17.1. The average molecular weight is 380 g/mol. The van der Waals surface area contributed by atoms with Crippen LogP contribution in [-0.4, -0.2) is 30.7 Å². The second-order valence-corrected chi connectivity index (χ2v) is 7.64. The van der Waals surface area contributed by atoms with Gasteiger partial charge in [0.15, 0.2) is 10.1 Å². The van der Waals surface area contributed by atoms with Crippen LogP contribution < -0.4 is 0 Å². The van der Waals surface area contributed by atoms with Crippen molar-refractivity contribution in [1.29, 1.82) is 0 Å². The highest BCUT2D eigenvalue weighted by molar-refractivity contribution is 8.01. The second kappa shape index (κ2) is 7.34. The molecule has 0 aliphatic carbocycles. The van der Waals surface area contributed by atoms with Crippen molar-refractivity contribution in [3.8, 4) is 11.5 Å². The Bertz CT molecular complexity index is 914. The number of phenolic OH excluding ortho intramolecular Hbond substituents is 2. The molecule has 0 fully saturated rings. The van der Waals surface area contributed by atoms with Crippen molar-refractivity contribution in [2.24, 2.45) is 10.2 Å². The summed E-state index contributed by atoms with van der Waals surface area (Å²) in [6, 6.07) is 6.23. The minimum absolute atomic E-state index is 0.0236. The SMILES string of the molecule is CCSc1nnc(N=Nc2c(SO)cc3ccc(O)cc3c2O)s1. The third-order valence-electron chi connectivity index (χ3n) is 3.03. The van der Waals surface area contributed by atoms with Crippen LogP contribution in [0, 0.1) is 0 Å². The van der Waals surface area contributed by atoms with Gasteiger partial charge in [-0.05, 0) is 29.3 Å². The standard InChI is InChI=1S/C14H12N4O3S3/c1-2-22-14-18-17-13(23-14)16-15-11-10(24-21)5-7-3-4-8(19)6-9(7)12(11)20/h3-6,19-21H,2H2,1H3. The summed E-state index contributed by atoms with van der Waals surface area (Å²) >= 11 is 3.31. The molecule has 3 rings (SSSR count). The number of azo groups is 1. The largest absolute Gasteiger partial charge is 0.508 e. The van der Waals surface area contributed by atoms with E-state index in [0.717, 1.165) is 10.1 Å². The van der Waals surface area contributed by atoms with E-state index in [1.807, 2.05) is 6.92 Å². The lowest BCUT2D eigenvalue weighted by atomic mass is 10.1. The molecule has 0 saturated carbocycles. The maximum absolute atomic E-state index is 10.4. The number of phenols is 2. The first-order valence-corrected chi connectivity index (χ1v) is 9.38. The number of rotatable bonds is 5. The van der Waals surface area contributed by atoms with Gasteiger partial charge in [0.2, 0.25) is 0 Å². The van der Waals surface area contributed by atoms with E-state index in [9.17, 15) is 14.8 Å². The van der Waals surface area contributed by atoms with Gasteiger partial charge in [0.25, 0.3) is 5.13 Å². The molecule has 1 heterocycles. The summed E-state index contributed by atoms with van der Waals surface area (Å²) in [5.74, 6) is 0.735. The van der Waals surface area contributed by atoms with Gasteiger partial charge in [-0.3, -0.25) is 0 Å². The molecular weight excluding hydrogens is 368 g/mol. The predicted molar refractivity (Wildman–Crippen MR) is 96.2 cm³/mol. The van der Waals surface area contributed by atoms with Crippen molar-refractivity contribution in [3.05, 3.63) is 24.3 Å². The molecular formula is C14H12N4O3S3. The van der Waals surface area contributed by atoms with Gasteiger partial charge in [0, 0.05) is 17.4 Å². The Kier molecular flexibility index (Phi) is 5.19. The van der Waals surface area contributed by atoms with Crippen LogP contribution in [0.15, 0.2) is 43.7 Å². The maximum Gasteiger partial charge on any atom is 0.252 e. The molecule has 24 heavy (non-hydrogen) atoms. The summed E-state index contributed by atoms with van der Waals surface area (Å²) in [4.78, 5) is 0.349.